The highest BCUT2D eigenvalue weighted by molar-refractivity contribution is 7.12. The molecule has 4 rings (SSSR count). The van der Waals surface area contributed by atoms with E-state index < -0.39 is 0 Å². The van der Waals surface area contributed by atoms with Crippen LogP contribution in [0.1, 0.15) is 26.6 Å². The Labute approximate surface area is 148 Å². The van der Waals surface area contributed by atoms with Crippen molar-refractivity contribution in [3.8, 4) is 11.5 Å². The van der Waals surface area contributed by atoms with Crippen LogP contribution in [0.3, 0.4) is 0 Å². The number of hydrogen-bond acceptors (Lipinski definition) is 6. The van der Waals surface area contributed by atoms with Crippen molar-refractivity contribution in [3.63, 3.8) is 0 Å². The van der Waals surface area contributed by atoms with Crippen LogP contribution in [0.25, 0.3) is 0 Å². The van der Waals surface area contributed by atoms with Crippen molar-refractivity contribution in [2.75, 3.05) is 39.4 Å². The molecule has 2 amide bonds. The number of ether oxygens (including phenoxy) is 2. The molecule has 1 saturated heterocycles. The summed E-state index contributed by atoms with van der Waals surface area (Å²) in [6.07, 6.45) is 2.21. The normalized spacial score (nSPS) is 17.3. The van der Waals surface area contributed by atoms with Gasteiger partial charge in [0.05, 0.1) is 6.26 Å². The van der Waals surface area contributed by atoms with Crippen LogP contribution in [-0.2, 0) is 0 Å². The van der Waals surface area contributed by atoms with E-state index in [0.29, 0.717) is 61.5 Å². The standard InChI is InChI=1S/C17H18N2O5S/c20-16(12-3-1-8-22-12)18-4-2-5-19(7-6-18)17(21)15-14-13(11-25-15)23-9-10-24-14/h1,3,8,11H,2,4-7,9-10H2. The maximum absolute atomic E-state index is 12.9. The third kappa shape index (κ3) is 3.09. The quantitative estimate of drug-likeness (QED) is 0.818. The minimum atomic E-state index is -0.135. The van der Waals surface area contributed by atoms with Gasteiger partial charge in [-0.05, 0) is 18.6 Å². The van der Waals surface area contributed by atoms with E-state index in [1.54, 1.807) is 21.9 Å². The summed E-state index contributed by atoms with van der Waals surface area (Å²) in [5, 5.41) is 1.81. The Morgan fingerprint density at radius 3 is 2.52 bits per heavy atom. The van der Waals surface area contributed by atoms with E-state index in [1.165, 1.54) is 17.6 Å². The van der Waals surface area contributed by atoms with E-state index in [4.69, 9.17) is 13.9 Å². The van der Waals surface area contributed by atoms with Gasteiger partial charge in [0.1, 0.15) is 18.1 Å². The number of amides is 2. The molecule has 0 spiro atoms. The fraction of sp³-hybridized carbons (Fsp3) is 0.412. The molecular weight excluding hydrogens is 344 g/mol. The molecule has 2 aromatic rings. The number of carbonyl (C=O) groups is 2. The van der Waals surface area contributed by atoms with E-state index in [9.17, 15) is 9.59 Å². The number of nitrogens with zero attached hydrogens (tertiary/aromatic N) is 2. The predicted molar refractivity (Wildman–Crippen MR) is 90.4 cm³/mol. The first kappa shape index (κ1) is 16.0. The largest absolute Gasteiger partial charge is 0.485 e. The third-order valence-electron chi connectivity index (χ3n) is 4.30. The Morgan fingerprint density at radius 2 is 1.76 bits per heavy atom. The molecule has 132 valence electrons. The van der Waals surface area contributed by atoms with Gasteiger partial charge in [0.15, 0.2) is 17.3 Å². The van der Waals surface area contributed by atoms with Crippen LogP contribution < -0.4 is 9.47 Å². The van der Waals surface area contributed by atoms with Crippen LogP contribution in [0.4, 0.5) is 0 Å². The molecule has 8 heteroatoms. The zero-order valence-corrected chi connectivity index (χ0v) is 14.4. The lowest BCUT2D eigenvalue weighted by Gasteiger charge is -2.22. The summed E-state index contributed by atoms with van der Waals surface area (Å²) in [5.74, 6) is 1.32. The molecule has 0 N–H and O–H groups in total. The first-order valence-electron chi connectivity index (χ1n) is 8.23. The molecule has 25 heavy (non-hydrogen) atoms. The number of furan rings is 1. The second-order valence-electron chi connectivity index (χ2n) is 5.87. The van der Waals surface area contributed by atoms with E-state index in [0.717, 1.165) is 6.42 Å². The van der Waals surface area contributed by atoms with Crippen LogP contribution in [0.2, 0.25) is 0 Å². The Bertz CT molecular complexity index is 770. The Morgan fingerprint density at radius 1 is 1.00 bits per heavy atom. The van der Waals surface area contributed by atoms with Crippen LogP contribution in [0, 0.1) is 0 Å². The fourth-order valence-electron chi connectivity index (χ4n) is 3.03. The number of fused-ring (bicyclic) bond motifs is 1. The van der Waals surface area contributed by atoms with Crippen molar-refractivity contribution in [3.05, 3.63) is 34.4 Å². The lowest BCUT2D eigenvalue weighted by Crippen LogP contribution is -2.37. The molecule has 0 aliphatic carbocycles. The van der Waals surface area contributed by atoms with Gasteiger partial charge in [-0.3, -0.25) is 9.59 Å². The topological polar surface area (TPSA) is 72.2 Å². The number of carbonyl (C=O) groups excluding carboxylic acids is 2. The first-order valence-corrected chi connectivity index (χ1v) is 9.11. The number of rotatable bonds is 2. The highest BCUT2D eigenvalue weighted by Crippen LogP contribution is 2.40. The summed E-state index contributed by atoms with van der Waals surface area (Å²) in [4.78, 5) is 29.4. The smallest absolute Gasteiger partial charge is 0.289 e. The molecule has 0 atom stereocenters. The zero-order valence-electron chi connectivity index (χ0n) is 13.6. The van der Waals surface area contributed by atoms with Crippen molar-refractivity contribution in [1.82, 2.24) is 9.80 Å². The Hall–Kier alpha value is -2.48. The van der Waals surface area contributed by atoms with Crippen LogP contribution in [-0.4, -0.2) is 61.0 Å². The molecule has 2 aliphatic heterocycles. The van der Waals surface area contributed by atoms with Crippen LogP contribution in [0.15, 0.2) is 28.2 Å². The molecule has 0 radical (unpaired) electrons. The lowest BCUT2D eigenvalue weighted by atomic mass is 10.3. The maximum Gasteiger partial charge on any atom is 0.289 e. The van der Waals surface area contributed by atoms with Crippen LogP contribution >= 0.6 is 11.3 Å². The number of hydrogen-bond donors (Lipinski definition) is 0. The molecule has 0 aromatic carbocycles. The van der Waals surface area contributed by atoms with Crippen molar-refractivity contribution in [1.29, 1.82) is 0 Å². The van der Waals surface area contributed by atoms with Crippen molar-refractivity contribution in [2.24, 2.45) is 0 Å². The Balaban J connectivity index is 1.45. The van der Waals surface area contributed by atoms with Gasteiger partial charge < -0.3 is 23.7 Å². The molecular formula is C17H18N2O5S. The molecule has 7 nitrogen and oxygen atoms in total. The second kappa shape index (κ2) is 6.79. The highest BCUT2D eigenvalue weighted by Gasteiger charge is 2.29. The SMILES string of the molecule is O=C(c1ccco1)N1CCCN(C(=O)c2scc3c2OCCO3)CC1. The van der Waals surface area contributed by atoms with E-state index in [2.05, 4.69) is 0 Å². The first-order chi connectivity index (χ1) is 12.2. The zero-order chi connectivity index (χ0) is 17.2. The molecule has 4 heterocycles. The van der Waals surface area contributed by atoms with Crippen molar-refractivity contribution in [2.45, 2.75) is 6.42 Å². The molecule has 0 saturated carbocycles. The molecule has 0 bridgehead atoms. The molecule has 0 unspecified atom stereocenters. The van der Waals surface area contributed by atoms with E-state index in [1.807, 2.05) is 5.38 Å². The summed E-state index contributed by atoms with van der Waals surface area (Å²) in [7, 11) is 0. The maximum atomic E-state index is 12.9. The predicted octanol–water partition coefficient (Wildman–Crippen LogP) is 2.10. The molecule has 2 aromatic heterocycles. The van der Waals surface area contributed by atoms with E-state index in [-0.39, 0.29) is 11.8 Å². The van der Waals surface area contributed by atoms with Gasteiger partial charge in [-0.25, -0.2) is 0 Å². The van der Waals surface area contributed by atoms with Gasteiger partial charge in [0, 0.05) is 31.6 Å². The minimum Gasteiger partial charge on any atom is -0.485 e. The highest BCUT2D eigenvalue weighted by atomic mass is 32.1. The second-order valence-corrected chi connectivity index (χ2v) is 6.75. The average Bonchev–Trinajstić information content (AvgIpc) is 3.25. The van der Waals surface area contributed by atoms with Gasteiger partial charge in [-0.2, -0.15) is 0 Å². The van der Waals surface area contributed by atoms with Gasteiger partial charge >= 0.3 is 0 Å². The molecule has 1 fully saturated rings. The summed E-state index contributed by atoms with van der Waals surface area (Å²) in [5.41, 5.74) is 0. The van der Waals surface area contributed by atoms with Gasteiger partial charge in [-0.15, -0.1) is 11.3 Å². The monoisotopic (exact) mass is 362 g/mol. The summed E-state index contributed by atoms with van der Waals surface area (Å²) < 4.78 is 16.3. The van der Waals surface area contributed by atoms with Gasteiger partial charge in [-0.1, -0.05) is 0 Å². The van der Waals surface area contributed by atoms with Crippen LogP contribution in [0.5, 0.6) is 11.5 Å². The van der Waals surface area contributed by atoms with Gasteiger partial charge in [0.25, 0.3) is 11.8 Å². The summed E-state index contributed by atoms with van der Waals surface area (Å²) in [6.45, 7) is 3.13. The Kier molecular flexibility index (Phi) is 4.35. The third-order valence-corrected chi connectivity index (χ3v) is 5.23. The van der Waals surface area contributed by atoms with Crippen molar-refractivity contribution < 1.29 is 23.5 Å². The number of thiophene rings is 1. The van der Waals surface area contributed by atoms with E-state index >= 15 is 0 Å². The average molecular weight is 362 g/mol. The minimum absolute atomic E-state index is 0.0657. The lowest BCUT2D eigenvalue weighted by molar-refractivity contribution is 0.0699. The summed E-state index contributed by atoms with van der Waals surface area (Å²) >= 11 is 1.34. The van der Waals surface area contributed by atoms with Gasteiger partial charge in [0.2, 0.25) is 0 Å². The fourth-order valence-corrected chi connectivity index (χ4v) is 3.93. The van der Waals surface area contributed by atoms with Crippen molar-refractivity contribution >= 4 is 23.2 Å². The summed E-state index contributed by atoms with van der Waals surface area (Å²) in [6, 6.07) is 3.36. The molecule has 2 aliphatic rings.